The summed E-state index contributed by atoms with van der Waals surface area (Å²) in [5, 5.41) is 1.15. The van der Waals surface area contributed by atoms with Crippen LogP contribution in [0.2, 0.25) is 0 Å². The predicted molar refractivity (Wildman–Crippen MR) is 126 cm³/mol. The van der Waals surface area contributed by atoms with Gasteiger partial charge in [-0.05, 0) is 47.7 Å². The molecule has 4 aromatic rings. The van der Waals surface area contributed by atoms with Gasteiger partial charge in [-0.3, -0.25) is 4.79 Å². The minimum atomic E-state index is -0.259. The lowest BCUT2D eigenvalue weighted by molar-refractivity contribution is -0.130. The Morgan fingerprint density at radius 1 is 0.875 bits per heavy atom. The van der Waals surface area contributed by atoms with Gasteiger partial charge in [-0.25, -0.2) is 4.39 Å². The second-order valence-corrected chi connectivity index (χ2v) is 8.61. The van der Waals surface area contributed by atoms with Gasteiger partial charge in [-0.1, -0.05) is 60.7 Å². The molecule has 4 heteroatoms. The van der Waals surface area contributed by atoms with Crippen molar-refractivity contribution < 1.29 is 9.18 Å². The van der Waals surface area contributed by atoms with E-state index in [-0.39, 0.29) is 17.6 Å². The summed E-state index contributed by atoms with van der Waals surface area (Å²) in [6, 6.07) is 25.4. The van der Waals surface area contributed by atoms with Crippen molar-refractivity contribution >= 4 is 16.8 Å². The Balaban J connectivity index is 1.57. The summed E-state index contributed by atoms with van der Waals surface area (Å²) in [5.41, 5.74) is 4.47. The fourth-order valence-corrected chi connectivity index (χ4v) is 4.84. The lowest BCUT2D eigenvalue weighted by atomic mass is 9.88. The van der Waals surface area contributed by atoms with E-state index in [9.17, 15) is 9.18 Å². The number of nitrogens with zero attached hydrogens (tertiary/aromatic N) is 2. The van der Waals surface area contributed by atoms with Crippen molar-refractivity contribution in [1.82, 2.24) is 9.47 Å². The number of fused-ring (bicyclic) bond motifs is 1. The molecule has 1 saturated heterocycles. The summed E-state index contributed by atoms with van der Waals surface area (Å²) in [6.45, 7) is 2.44. The molecule has 5 rings (SSSR count). The Kier molecular flexibility index (Phi) is 5.76. The molecule has 0 aliphatic carbocycles. The summed E-state index contributed by atoms with van der Waals surface area (Å²) >= 11 is 0. The van der Waals surface area contributed by atoms with Crippen molar-refractivity contribution in [2.75, 3.05) is 13.1 Å². The van der Waals surface area contributed by atoms with Crippen LogP contribution >= 0.6 is 0 Å². The number of benzene rings is 3. The molecule has 0 bridgehead atoms. The topological polar surface area (TPSA) is 25.2 Å². The van der Waals surface area contributed by atoms with Gasteiger partial charge in [-0.15, -0.1) is 0 Å². The Labute approximate surface area is 188 Å². The van der Waals surface area contributed by atoms with Crippen molar-refractivity contribution in [3.05, 3.63) is 108 Å². The van der Waals surface area contributed by atoms with Gasteiger partial charge in [0.05, 0.1) is 0 Å². The van der Waals surface area contributed by atoms with Crippen LogP contribution < -0.4 is 0 Å². The molecular weight excluding hydrogens is 399 g/mol. The first-order valence-electron chi connectivity index (χ1n) is 11.3. The number of halogens is 1. The van der Waals surface area contributed by atoms with Crippen molar-refractivity contribution in [2.45, 2.75) is 31.7 Å². The molecule has 3 nitrogen and oxygen atoms in total. The summed E-state index contributed by atoms with van der Waals surface area (Å²) in [5.74, 6) is -0.202. The second-order valence-electron chi connectivity index (χ2n) is 8.61. The summed E-state index contributed by atoms with van der Waals surface area (Å²) in [6.07, 6.45) is 4.72. The van der Waals surface area contributed by atoms with E-state index in [0.717, 1.165) is 54.5 Å². The van der Waals surface area contributed by atoms with E-state index in [4.69, 9.17) is 0 Å². The molecule has 162 valence electrons. The van der Waals surface area contributed by atoms with E-state index in [0.29, 0.717) is 6.42 Å². The van der Waals surface area contributed by atoms with E-state index in [2.05, 4.69) is 53.2 Å². The van der Waals surface area contributed by atoms with Crippen LogP contribution in [0.4, 0.5) is 4.39 Å². The van der Waals surface area contributed by atoms with Gasteiger partial charge in [0.2, 0.25) is 5.91 Å². The van der Waals surface area contributed by atoms with Crippen LogP contribution in [-0.2, 0) is 11.3 Å². The molecule has 0 unspecified atom stereocenters. The van der Waals surface area contributed by atoms with Crippen LogP contribution in [0.3, 0.4) is 0 Å². The van der Waals surface area contributed by atoms with Crippen LogP contribution in [0.25, 0.3) is 10.9 Å². The molecule has 0 N–H and O–H groups in total. The van der Waals surface area contributed by atoms with Crippen molar-refractivity contribution in [3.8, 4) is 0 Å². The number of hydrogen-bond donors (Lipinski definition) is 0. The zero-order chi connectivity index (χ0) is 21.9. The maximum absolute atomic E-state index is 13.7. The highest BCUT2D eigenvalue weighted by Gasteiger charge is 2.26. The second kappa shape index (κ2) is 8.99. The molecule has 0 spiro atoms. The van der Waals surface area contributed by atoms with E-state index >= 15 is 0 Å². The SMILES string of the molecule is O=C(C[C@H](c1ccc(F)cc1)c1cn(Cc2ccccc2)c2ccccc12)N1CCCC1. The third-order valence-electron chi connectivity index (χ3n) is 6.50. The number of para-hydroxylation sites is 1. The van der Waals surface area contributed by atoms with Gasteiger partial charge in [0.15, 0.2) is 0 Å². The number of carbonyl (C=O) groups is 1. The number of likely N-dealkylation sites (tertiary alicyclic amines) is 1. The molecule has 0 radical (unpaired) electrons. The number of aromatic nitrogens is 1. The lowest BCUT2D eigenvalue weighted by Crippen LogP contribution is -2.29. The van der Waals surface area contributed by atoms with Gasteiger partial charge in [-0.2, -0.15) is 0 Å². The van der Waals surface area contributed by atoms with Gasteiger partial charge < -0.3 is 9.47 Å². The average molecular weight is 427 g/mol. The van der Waals surface area contributed by atoms with Crippen LogP contribution in [0.5, 0.6) is 0 Å². The highest BCUT2D eigenvalue weighted by molar-refractivity contribution is 5.87. The molecule has 2 heterocycles. The standard InChI is InChI=1S/C28H27FN2O/c29-23-14-12-22(13-15-23)25(18-28(32)30-16-6-7-17-30)26-20-31(19-21-8-2-1-3-9-21)27-11-5-4-10-24(26)27/h1-5,8-15,20,25H,6-7,16-19H2/t25-/m1/s1. The molecule has 1 aliphatic rings. The van der Waals surface area contributed by atoms with Crippen LogP contribution in [0.1, 0.15) is 41.9 Å². The quantitative estimate of drug-likeness (QED) is 0.373. The highest BCUT2D eigenvalue weighted by atomic mass is 19.1. The molecule has 1 aliphatic heterocycles. The molecule has 0 saturated carbocycles. The largest absolute Gasteiger partial charge is 0.343 e. The number of amides is 1. The van der Waals surface area contributed by atoms with Crippen LogP contribution in [0, 0.1) is 5.82 Å². The van der Waals surface area contributed by atoms with E-state index in [1.807, 2.05) is 29.2 Å². The average Bonchev–Trinajstić information content (AvgIpc) is 3.48. The molecule has 1 amide bonds. The Morgan fingerprint density at radius 3 is 2.31 bits per heavy atom. The zero-order valence-electron chi connectivity index (χ0n) is 18.1. The first-order chi connectivity index (χ1) is 15.7. The minimum absolute atomic E-state index is 0.120. The van der Waals surface area contributed by atoms with Crippen molar-refractivity contribution in [1.29, 1.82) is 0 Å². The third-order valence-corrected chi connectivity index (χ3v) is 6.50. The van der Waals surface area contributed by atoms with E-state index in [1.165, 1.54) is 17.7 Å². The van der Waals surface area contributed by atoms with Crippen LogP contribution in [-0.4, -0.2) is 28.5 Å². The maximum Gasteiger partial charge on any atom is 0.223 e. The first-order valence-corrected chi connectivity index (χ1v) is 11.3. The molecule has 1 atom stereocenters. The normalized spacial score (nSPS) is 14.7. The molecule has 3 aromatic carbocycles. The van der Waals surface area contributed by atoms with Gasteiger partial charge in [0, 0.05) is 49.1 Å². The molecule has 32 heavy (non-hydrogen) atoms. The van der Waals surface area contributed by atoms with E-state index in [1.54, 1.807) is 0 Å². The van der Waals surface area contributed by atoms with Crippen molar-refractivity contribution in [2.24, 2.45) is 0 Å². The molecular formula is C28H27FN2O. The van der Waals surface area contributed by atoms with Crippen LogP contribution in [0.15, 0.2) is 85.1 Å². The predicted octanol–water partition coefficient (Wildman–Crippen LogP) is 5.97. The summed E-state index contributed by atoms with van der Waals surface area (Å²) in [7, 11) is 0. The molecule has 1 fully saturated rings. The molecule has 1 aromatic heterocycles. The zero-order valence-corrected chi connectivity index (χ0v) is 18.1. The number of rotatable bonds is 6. The monoisotopic (exact) mass is 426 g/mol. The fraction of sp³-hybridized carbons (Fsp3) is 0.250. The first kappa shape index (κ1) is 20.5. The Morgan fingerprint density at radius 2 is 1.56 bits per heavy atom. The minimum Gasteiger partial charge on any atom is -0.343 e. The Hall–Kier alpha value is -3.40. The van der Waals surface area contributed by atoms with Gasteiger partial charge in [0.1, 0.15) is 5.82 Å². The third kappa shape index (κ3) is 4.18. The smallest absolute Gasteiger partial charge is 0.223 e. The maximum atomic E-state index is 13.7. The fourth-order valence-electron chi connectivity index (χ4n) is 4.84. The summed E-state index contributed by atoms with van der Waals surface area (Å²) in [4.78, 5) is 15.1. The van der Waals surface area contributed by atoms with Crippen molar-refractivity contribution in [3.63, 3.8) is 0 Å². The lowest BCUT2D eigenvalue weighted by Gasteiger charge is -2.21. The highest BCUT2D eigenvalue weighted by Crippen LogP contribution is 2.36. The van der Waals surface area contributed by atoms with Gasteiger partial charge >= 0.3 is 0 Å². The summed E-state index contributed by atoms with van der Waals surface area (Å²) < 4.78 is 15.9. The number of hydrogen-bond acceptors (Lipinski definition) is 1. The van der Waals surface area contributed by atoms with Gasteiger partial charge in [0.25, 0.3) is 0 Å². The Bertz CT molecular complexity index is 1210. The van der Waals surface area contributed by atoms with E-state index < -0.39 is 0 Å². The number of carbonyl (C=O) groups excluding carboxylic acids is 1.